The monoisotopic (exact) mass is 319 g/mol. The number of hydrogen-bond donors (Lipinski definition) is 3. The maximum absolute atomic E-state index is 12.0. The second-order valence-corrected chi connectivity index (χ2v) is 5.96. The predicted octanol–water partition coefficient (Wildman–Crippen LogP) is 3.02. The van der Waals surface area contributed by atoms with Crippen LogP contribution < -0.4 is 10.6 Å². The van der Waals surface area contributed by atoms with Crippen LogP contribution in [0.15, 0.2) is 41.9 Å². The van der Waals surface area contributed by atoms with Crippen molar-refractivity contribution in [2.75, 3.05) is 6.54 Å². The van der Waals surface area contributed by atoms with Gasteiger partial charge in [0.2, 0.25) is 0 Å². The maximum atomic E-state index is 12.0. The third-order valence-corrected chi connectivity index (χ3v) is 4.23. The van der Waals surface area contributed by atoms with Gasteiger partial charge < -0.3 is 15.7 Å². The number of amides is 2. The number of aliphatic hydroxyl groups excluding tert-OH is 1. The summed E-state index contributed by atoms with van der Waals surface area (Å²) in [6.07, 6.45) is 2.81. The van der Waals surface area contributed by atoms with Crippen LogP contribution in [0.3, 0.4) is 0 Å². The summed E-state index contributed by atoms with van der Waals surface area (Å²) in [4.78, 5) is 17.2. The van der Waals surface area contributed by atoms with Gasteiger partial charge >= 0.3 is 6.03 Å². The second kappa shape index (κ2) is 8.51. The number of nitrogens with one attached hydrogen (secondary N) is 2. The lowest BCUT2D eigenvalue weighted by Gasteiger charge is -2.18. The summed E-state index contributed by atoms with van der Waals surface area (Å²) in [5, 5.41) is 17.5. The molecule has 118 valence electrons. The first kappa shape index (κ1) is 16.5. The minimum atomic E-state index is -0.676. The quantitative estimate of drug-likeness (QED) is 0.734. The van der Waals surface area contributed by atoms with Gasteiger partial charge in [-0.25, -0.2) is 4.79 Å². The molecule has 0 unspecified atom stereocenters. The molecule has 0 saturated carbocycles. The van der Waals surface area contributed by atoms with Crippen molar-refractivity contribution < 1.29 is 9.90 Å². The van der Waals surface area contributed by atoms with E-state index in [0.29, 0.717) is 0 Å². The first-order chi connectivity index (χ1) is 10.7. The fourth-order valence-electron chi connectivity index (χ4n) is 2.14. The highest BCUT2D eigenvalue weighted by molar-refractivity contribution is 7.10. The molecule has 0 aliphatic carbocycles. The molecule has 2 atom stereocenters. The highest BCUT2D eigenvalue weighted by atomic mass is 32.1. The van der Waals surface area contributed by atoms with E-state index < -0.39 is 6.10 Å². The number of urea groups is 1. The van der Waals surface area contributed by atoms with E-state index in [1.807, 2.05) is 35.7 Å². The van der Waals surface area contributed by atoms with Crippen LogP contribution >= 0.6 is 11.3 Å². The molecule has 0 aliphatic rings. The summed E-state index contributed by atoms with van der Waals surface area (Å²) in [6.45, 7) is 2.25. The van der Waals surface area contributed by atoms with Crippen molar-refractivity contribution in [3.8, 4) is 0 Å². The lowest BCUT2D eigenvalue weighted by molar-refractivity contribution is 0.175. The molecule has 0 spiro atoms. The molecular formula is C16H21N3O2S. The van der Waals surface area contributed by atoms with Crippen LogP contribution in [0.1, 0.15) is 42.5 Å². The minimum absolute atomic E-state index is 0.120. The Morgan fingerprint density at radius 1 is 1.36 bits per heavy atom. The number of carbonyl (C=O) groups is 1. The fraction of sp³-hybridized carbons (Fsp3) is 0.375. The molecule has 2 heterocycles. The molecule has 2 aromatic heterocycles. The van der Waals surface area contributed by atoms with E-state index in [4.69, 9.17) is 0 Å². The molecule has 22 heavy (non-hydrogen) atoms. The van der Waals surface area contributed by atoms with E-state index in [2.05, 4.69) is 22.5 Å². The summed E-state index contributed by atoms with van der Waals surface area (Å²) in [6, 6.07) is 8.98. The zero-order valence-electron chi connectivity index (χ0n) is 12.5. The number of aliphatic hydroxyl groups is 1. The van der Waals surface area contributed by atoms with Gasteiger partial charge in [-0.15, -0.1) is 11.3 Å². The second-order valence-electron chi connectivity index (χ2n) is 4.98. The summed E-state index contributed by atoms with van der Waals surface area (Å²) in [7, 11) is 0. The summed E-state index contributed by atoms with van der Waals surface area (Å²) in [5.41, 5.74) is 0.846. The molecule has 2 rings (SSSR count). The van der Waals surface area contributed by atoms with E-state index in [9.17, 15) is 9.90 Å². The number of pyridine rings is 1. The Bertz CT molecular complexity index is 560. The number of carbonyl (C=O) groups excluding carboxylic acids is 1. The third kappa shape index (κ3) is 4.82. The minimum Gasteiger partial charge on any atom is -0.386 e. The molecule has 0 radical (unpaired) electrons. The van der Waals surface area contributed by atoms with E-state index in [1.54, 1.807) is 6.20 Å². The van der Waals surface area contributed by atoms with Gasteiger partial charge in [0.1, 0.15) is 6.10 Å². The Morgan fingerprint density at radius 3 is 2.86 bits per heavy atom. The maximum Gasteiger partial charge on any atom is 0.315 e. The number of aromatic nitrogens is 1. The molecule has 0 bridgehead atoms. The Balaban J connectivity index is 1.86. The van der Waals surface area contributed by atoms with Gasteiger partial charge in [-0.05, 0) is 30.0 Å². The van der Waals surface area contributed by atoms with Crippen LogP contribution in [0, 0.1) is 0 Å². The smallest absolute Gasteiger partial charge is 0.315 e. The van der Waals surface area contributed by atoms with Gasteiger partial charge in [0.25, 0.3) is 0 Å². The molecule has 2 amide bonds. The molecule has 2 aromatic rings. The van der Waals surface area contributed by atoms with Crippen LogP contribution in [0.5, 0.6) is 0 Å². The van der Waals surface area contributed by atoms with E-state index in [1.165, 1.54) is 11.3 Å². The van der Waals surface area contributed by atoms with Crippen molar-refractivity contribution in [1.29, 1.82) is 0 Å². The zero-order valence-corrected chi connectivity index (χ0v) is 13.3. The lowest BCUT2D eigenvalue weighted by atomic mass is 10.1. The van der Waals surface area contributed by atoms with Crippen LogP contribution in [0.2, 0.25) is 0 Å². The molecule has 0 fully saturated rings. The van der Waals surface area contributed by atoms with E-state index in [0.717, 1.165) is 23.4 Å². The molecular weight excluding hydrogens is 298 g/mol. The first-order valence-corrected chi connectivity index (χ1v) is 8.25. The molecule has 0 saturated heterocycles. The van der Waals surface area contributed by atoms with Crippen molar-refractivity contribution >= 4 is 17.4 Å². The summed E-state index contributed by atoms with van der Waals surface area (Å²) >= 11 is 1.47. The summed E-state index contributed by atoms with van der Waals surface area (Å²) in [5.74, 6) is 0. The van der Waals surface area contributed by atoms with Crippen LogP contribution in [0.4, 0.5) is 4.79 Å². The molecule has 5 nitrogen and oxygen atoms in total. The highest BCUT2D eigenvalue weighted by Crippen LogP contribution is 2.18. The van der Waals surface area contributed by atoms with Crippen molar-refractivity contribution in [3.05, 3.63) is 52.5 Å². The Hall–Kier alpha value is -1.92. The molecule has 0 aliphatic heterocycles. The van der Waals surface area contributed by atoms with Gasteiger partial charge in [0.15, 0.2) is 0 Å². The largest absolute Gasteiger partial charge is 0.386 e. The van der Waals surface area contributed by atoms with Crippen LogP contribution in [-0.4, -0.2) is 22.7 Å². The van der Waals surface area contributed by atoms with Gasteiger partial charge in [0.05, 0.1) is 18.3 Å². The van der Waals surface area contributed by atoms with E-state index in [-0.39, 0.29) is 18.6 Å². The topological polar surface area (TPSA) is 74.2 Å². The molecule has 3 N–H and O–H groups in total. The standard InChI is InChI=1S/C16H21N3O2S/c1-2-6-13(12-7-3-4-9-17-12)19-16(21)18-11-14(20)15-8-5-10-22-15/h3-5,7-10,13-14,20H,2,6,11H2,1H3,(H2,18,19,21)/t13-,14-/m1/s1. The lowest BCUT2D eigenvalue weighted by Crippen LogP contribution is -2.40. The summed E-state index contributed by atoms with van der Waals surface area (Å²) < 4.78 is 0. The van der Waals surface area contributed by atoms with Crippen molar-refractivity contribution in [2.45, 2.75) is 31.9 Å². The Labute approximate surface area is 134 Å². The van der Waals surface area contributed by atoms with Gasteiger partial charge in [0, 0.05) is 11.1 Å². The van der Waals surface area contributed by atoms with Crippen molar-refractivity contribution in [2.24, 2.45) is 0 Å². The number of nitrogens with zero attached hydrogens (tertiary/aromatic N) is 1. The average Bonchev–Trinajstić information content (AvgIpc) is 3.07. The van der Waals surface area contributed by atoms with Crippen molar-refractivity contribution in [1.82, 2.24) is 15.6 Å². The normalized spacial score (nSPS) is 13.4. The van der Waals surface area contributed by atoms with Gasteiger partial charge in [-0.3, -0.25) is 4.98 Å². The fourth-order valence-corrected chi connectivity index (χ4v) is 2.86. The van der Waals surface area contributed by atoms with Crippen molar-refractivity contribution in [3.63, 3.8) is 0 Å². The molecule has 6 heteroatoms. The average molecular weight is 319 g/mol. The highest BCUT2D eigenvalue weighted by Gasteiger charge is 2.16. The Kier molecular flexibility index (Phi) is 6.36. The van der Waals surface area contributed by atoms with Crippen LogP contribution in [0.25, 0.3) is 0 Å². The van der Waals surface area contributed by atoms with Crippen LogP contribution in [-0.2, 0) is 0 Å². The third-order valence-electron chi connectivity index (χ3n) is 3.26. The SMILES string of the molecule is CCC[C@@H](NC(=O)NC[C@@H](O)c1cccs1)c1ccccn1. The first-order valence-electron chi connectivity index (χ1n) is 7.37. The number of hydrogen-bond acceptors (Lipinski definition) is 4. The number of rotatable bonds is 7. The Morgan fingerprint density at radius 2 is 2.23 bits per heavy atom. The number of thiophene rings is 1. The molecule has 0 aromatic carbocycles. The van der Waals surface area contributed by atoms with E-state index >= 15 is 0 Å². The van der Waals surface area contributed by atoms with Gasteiger partial charge in [-0.1, -0.05) is 25.5 Å². The zero-order chi connectivity index (χ0) is 15.8. The van der Waals surface area contributed by atoms with Gasteiger partial charge in [-0.2, -0.15) is 0 Å². The predicted molar refractivity (Wildman–Crippen MR) is 87.7 cm³/mol.